The maximum absolute atomic E-state index is 12.8. The number of amides is 1. The average Bonchev–Trinajstić information content (AvgIpc) is 3.14. The molecular weight excluding hydrogens is 661 g/mol. The van der Waals surface area contributed by atoms with Crippen LogP contribution in [-0.4, -0.2) is 41.6 Å². The second kappa shape index (κ2) is 41.3. The number of esters is 1. The Balaban J connectivity index is 4.33. The van der Waals surface area contributed by atoms with E-state index >= 15 is 0 Å². The third-order valence-electron chi connectivity index (χ3n) is 10.6. The fourth-order valence-corrected chi connectivity index (χ4v) is 7.09. The molecule has 0 spiro atoms. The van der Waals surface area contributed by atoms with E-state index in [-0.39, 0.29) is 18.0 Å². The second-order valence-electron chi connectivity index (χ2n) is 15.8. The molecule has 2 atom stereocenters. The number of carboxylic acid groups (broad SMARTS) is 1. The van der Waals surface area contributed by atoms with Crippen LogP contribution in [0.1, 0.15) is 245 Å². The highest BCUT2D eigenvalue weighted by Gasteiger charge is 2.19. The summed E-state index contributed by atoms with van der Waals surface area (Å²) in [7, 11) is 0. The molecule has 312 valence electrons. The zero-order valence-electron chi connectivity index (χ0n) is 35.1. The van der Waals surface area contributed by atoms with Crippen molar-refractivity contribution in [2.24, 2.45) is 5.73 Å². The minimum absolute atomic E-state index is 0.00425. The van der Waals surface area contributed by atoms with Crippen molar-refractivity contribution in [3.63, 3.8) is 0 Å². The van der Waals surface area contributed by atoms with E-state index in [4.69, 9.17) is 10.5 Å². The van der Waals surface area contributed by atoms with Gasteiger partial charge < -0.3 is 20.9 Å². The van der Waals surface area contributed by atoms with Crippen molar-refractivity contribution in [1.29, 1.82) is 0 Å². The molecule has 0 aliphatic heterocycles. The fourth-order valence-electron chi connectivity index (χ4n) is 7.09. The van der Waals surface area contributed by atoms with Gasteiger partial charge in [-0.2, -0.15) is 0 Å². The van der Waals surface area contributed by atoms with Crippen molar-refractivity contribution in [3.05, 3.63) is 12.2 Å². The molecule has 0 aromatic rings. The maximum atomic E-state index is 12.8. The van der Waals surface area contributed by atoms with Crippen molar-refractivity contribution in [3.8, 4) is 0 Å². The summed E-state index contributed by atoms with van der Waals surface area (Å²) in [5.41, 5.74) is 5.49. The van der Waals surface area contributed by atoms with Gasteiger partial charge in [0.05, 0.1) is 0 Å². The van der Waals surface area contributed by atoms with Gasteiger partial charge in [0.2, 0.25) is 5.91 Å². The summed E-state index contributed by atoms with van der Waals surface area (Å²) < 4.78 is 6.05. The molecule has 0 aliphatic rings. The number of carbonyl (C=O) groups is 3. The molecule has 0 bridgehead atoms. The van der Waals surface area contributed by atoms with Gasteiger partial charge in [-0.1, -0.05) is 167 Å². The lowest BCUT2D eigenvalue weighted by Crippen LogP contribution is -2.40. The molecule has 0 aromatic carbocycles. The molecule has 2 unspecified atom stereocenters. The normalized spacial score (nSPS) is 12.7. The number of ether oxygens (including phenoxy) is 1. The van der Waals surface area contributed by atoms with E-state index in [1.807, 2.05) is 0 Å². The van der Waals surface area contributed by atoms with E-state index in [0.29, 0.717) is 32.2 Å². The number of rotatable bonds is 42. The smallest absolute Gasteiger partial charge is 0.326 e. The number of nitrogens with two attached hydrogens (primary N) is 1. The van der Waals surface area contributed by atoms with Crippen LogP contribution in [-0.2, 0) is 19.1 Å². The number of allylic oxidation sites excluding steroid dienone is 2. The summed E-state index contributed by atoms with van der Waals surface area (Å²) in [6, 6.07) is -0.855. The number of aliphatic carboxylic acids is 1. The first-order valence-electron chi connectivity index (χ1n) is 23.0. The number of hydrogen-bond acceptors (Lipinski definition) is 5. The Morgan fingerprint density at radius 1 is 0.528 bits per heavy atom. The van der Waals surface area contributed by atoms with Gasteiger partial charge in [0.25, 0.3) is 0 Å². The monoisotopic (exact) mass is 749 g/mol. The largest absolute Gasteiger partial charge is 0.480 e. The van der Waals surface area contributed by atoms with E-state index in [0.717, 1.165) is 70.6 Å². The van der Waals surface area contributed by atoms with Crippen LogP contribution in [0.5, 0.6) is 0 Å². The minimum atomic E-state index is -1.00. The number of hydrogen-bond donors (Lipinski definition) is 3. The van der Waals surface area contributed by atoms with Crippen molar-refractivity contribution < 1.29 is 24.2 Å². The molecule has 1 amide bonds. The van der Waals surface area contributed by atoms with Crippen LogP contribution in [0.25, 0.3) is 0 Å². The lowest BCUT2D eigenvalue weighted by molar-refractivity contribution is -0.150. The summed E-state index contributed by atoms with van der Waals surface area (Å²) in [5, 5.41) is 11.9. The molecule has 0 aliphatic carbocycles. The van der Waals surface area contributed by atoms with Crippen molar-refractivity contribution in [1.82, 2.24) is 5.32 Å². The van der Waals surface area contributed by atoms with Crippen molar-refractivity contribution in [2.75, 3.05) is 6.54 Å². The van der Waals surface area contributed by atoms with Crippen LogP contribution >= 0.6 is 0 Å². The quantitative estimate of drug-likeness (QED) is 0.0325. The van der Waals surface area contributed by atoms with Gasteiger partial charge in [-0.05, 0) is 83.6 Å². The molecule has 7 heteroatoms. The highest BCUT2D eigenvalue weighted by atomic mass is 16.5. The highest BCUT2D eigenvalue weighted by Crippen LogP contribution is 2.19. The fraction of sp³-hybridized carbons (Fsp3) is 0.891. The van der Waals surface area contributed by atoms with Crippen molar-refractivity contribution >= 4 is 17.8 Å². The van der Waals surface area contributed by atoms with Gasteiger partial charge in [-0.3, -0.25) is 9.59 Å². The predicted octanol–water partition coefficient (Wildman–Crippen LogP) is 13.1. The molecular formula is C46H88N2O5. The Morgan fingerprint density at radius 2 is 0.925 bits per heavy atom. The Bertz CT molecular complexity index is 848. The molecule has 0 saturated heterocycles. The number of unbranched alkanes of at least 4 members (excludes halogenated alkanes) is 26. The van der Waals surface area contributed by atoms with Gasteiger partial charge in [0.15, 0.2) is 0 Å². The topological polar surface area (TPSA) is 119 Å². The summed E-state index contributed by atoms with van der Waals surface area (Å²) in [5.74, 6) is -1.23. The molecule has 53 heavy (non-hydrogen) atoms. The molecule has 0 rings (SSSR count). The van der Waals surface area contributed by atoms with E-state index < -0.39 is 12.0 Å². The summed E-state index contributed by atoms with van der Waals surface area (Å²) in [6.45, 7) is 4.96. The standard InChI is InChI=1S/C46H88N2O5/c1-3-5-7-9-11-13-15-17-18-19-20-22-24-27-31-36-42(53-45(50)40-34-30-25-23-21-16-14-12-10-8-6-4-2)37-32-28-26-29-33-39-44(49)48-43(46(51)52)38-35-41-47/h19-20,42-43H,3-18,21-41,47H2,1-2H3,(H,48,49)(H,51,52)/b20-19-. The SMILES string of the molecule is CCCCCCCCCC/C=C\CCCCCC(CCCCCCCC(=O)NC(CCCN)C(=O)O)OC(=O)CCCCCCCCCCCCCC. The van der Waals surface area contributed by atoms with Crippen molar-refractivity contribution in [2.45, 2.75) is 257 Å². The van der Waals surface area contributed by atoms with E-state index in [2.05, 4.69) is 31.3 Å². The first-order valence-corrected chi connectivity index (χ1v) is 23.0. The number of carboxylic acids is 1. The minimum Gasteiger partial charge on any atom is -0.480 e. The Kier molecular flexibility index (Phi) is 39.8. The maximum Gasteiger partial charge on any atom is 0.326 e. The molecule has 4 N–H and O–H groups in total. The zero-order chi connectivity index (χ0) is 38.9. The molecule has 0 aromatic heterocycles. The average molecular weight is 749 g/mol. The lowest BCUT2D eigenvalue weighted by atomic mass is 10.0. The molecule has 7 nitrogen and oxygen atoms in total. The van der Waals surface area contributed by atoms with Crippen LogP contribution in [0.3, 0.4) is 0 Å². The van der Waals surface area contributed by atoms with Crippen LogP contribution in [0.15, 0.2) is 12.2 Å². The number of carbonyl (C=O) groups excluding carboxylic acids is 2. The van der Waals surface area contributed by atoms with E-state index in [9.17, 15) is 19.5 Å². The van der Waals surface area contributed by atoms with E-state index in [1.54, 1.807) is 0 Å². The van der Waals surface area contributed by atoms with Crippen LogP contribution in [0.4, 0.5) is 0 Å². The van der Waals surface area contributed by atoms with Gasteiger partial charge in [-0.15, -0.1) is 0 Å². The second-order valence-corrected chi connectivity index (χ2v) is 15.8. The Morgan fingerprint density at radius 3 is 1.38 bits per heavy atom. The molecule has 0 heterocycles. The highest BCUT2D eigenvalue weighted by molar-refractivity contribution is 5.83. The summed E-state index contributed by atoms with van der Waals surface area (Å²) >= 11 is 0. The number of nitrogens with one attached hydrogen (secondary N) is 1. The third-order valence-corrected chi connectivity index (χ3v) is 10.6. The Labute approximate surface area is 328 Å². The molecule has 0 radical (unpaired) electrons. The summed E-state index contributed by atoms with van der Waals surface area (Å²) in [6.07, 6.45) is 45.4. The lowest BCUT2D eigenvalue weighted by Gasteiger charge is -2.18. The van der Waals surface area contributed by atoms with Gasteiger partial charge >= 0.3 is 11.9 Å². The predicted molar refractivity (Wildman–Crippen MR) is 225 cm³/mol. The first-order chi connectivity index (χ1) is 25.9. The van der Waals surface area contributed by atoms with Crippen LogP contribution in [0, 0.1) is 0 Å². The van der Waals surface area contributed by atoms with Crippen LogP contribution < -0.4 is 11.1 Å². The van der Waals surface area contributed by atoms with Gasteiger partial charge in [0, 0.05) is 12.8 Å². The van der Waals surface area contributed by atoms with Gasteiger partial charge in [-0.25, -0.2) is 4.79 Å². The summed E-state index contributed by atoms with van der Waals surface area (Å²) in [4.78, 5) is 36.4. The molecule has 0 saturated carbocycles. The zero-order valence-corrected chi connectivity index (χ0v) is 35.1. The molecule has 0 fully saturated rings. The third kappa shape index (κ3) is 38.2. The van der Waals surface area contributed by atoms with Gasteiger partial charge in [0.1, 0.15) is 12.1 Å². The van der Waals surface area contributed by atoms with E-state index in [1.165, 1.54) is 135 Å². The first kappa shape index (κ1) is 51.1. The Hall–Kier alpha value is -1.89. The van der Waals surface area contributed by atoms with Crippen LogP contribution in [0.2, 0.25) is 0 Å².